The number of nitrogens with zero attached hydrogens (tertiary/aromatic N) is 2. The summed E-state index contributed by atoms with van der Waals surface area (Å²) < 4.78 is 12.7. The normalized spacial score (nSPS) is 17.3. The molecule has 4 aromatic rings. The number of amides is 2. The third kappa shape index (κ3) is 4.04. The first-order valence-corrected chi connectivity index (χ1v) is 12.2. The molecule has 0 unspecified atom stereocenters. The lowest BCUT2D eigenvalue weighted by molar-refractivity contribution is -0.133. The number of rotatable bonds is 7. The molecule has 2 aromatic heterocycles. The van der Waals surface area contributed by atoms with Gasteiger partial charge in [-0.25, -0.2) is 0 Å². The van der Waals surface area contributed by atoms with Crippen LogP contribution in [0.1, 0.15) is 28.5 Å². The van der Waals surface area contributed by atoms with Crippen LogP contribution < -0.4 is 14.8 Å². The van der Waals surface area contributed by atoms with Crippen molar-refractivity contribution in [2.45, 2.75) is 32.1 Å². The number of fused-ring (bicyclic) bond motifs is 3. The van der Waals surface area contributed by atoms with Gasteiger partial charge in [0, 0.05) is 24.0 Å². The molecular weight excluding hydrogens is 462 g/mol. The molecule has 180 valence electrons. The topological polar surface area (TPSA) is 72.8 Å². The number of methoxy groups -OCH3 is 2. The molecule has 1 aliphatic heterocycles. The van der Waals surface area contributed by atoms with E-state index in [1.807, 2.05) is 77.5 Å². The molecule has 0 saturated carbocycles. The quantitative estimate of drug-likeness (QED) is 0.416. The number of carbonyl (C=O) groups excluding carboxylic acids is 2. The SMILES string of the molecule is COc1ccc(CN2C(=O)c3cc4ccsc4n3C[C@@]2(C)C(=O)NCc2ccccc2OC)cc1. The van der Waals surface area contributed by atoms with Crippen LogP contribution in [0.5, 0.6) is 11.5 Å². The first kappa shape index (κ1) is 23.0. The number of ether oxygens (including phenoxy) is 2. The van der Waals surface area contributed by atoms with Crippen molar-refractivity contribution in [3.63, 3.8) is 0 Å². The molecule has 0 fully saturated rings. The zero-order valence-electron chi connectivity index (χ0n) is 19.9. The summed E-state index contributed by atoms with van der Waals surface area (Å²) in [6.07, 6.45) is 0. The van der Waals surface area contributed by atoms with Gasteiger partial charge in [-0.15, -0.1) is 11.3 Å². The van der Waals surface area contributed by atoms with E-state index in [-0.39, 0.29) is 11.8 Å². The molecule has 35 heavy (non-hydrogen) atoms. The molecule has 1 aliphatic rings. The molecule has 1 atom stereocenters. The molecule has 8 heteroatoms. The van der Waals surface area contributed by atoms with Gasteiger partial charge in [0.1, 0.15) is 27.6 Å². The first-order chi connectivity index (χ1) is 16.9. The number of aromatic nitrogens is 1. The van der Waals surface area contributed by atoms with Gasteiger partial charge in [0.05, 0.1) is 20.8 Å². The van der Waals surface area contributed by atoms with Gasteiger partial charge in [-0.3, -0.25) is 9.59 Å². The number of para-hydroxylation sites is 1. The molecule has 3 heterocycles. The molecule has 2 aromatic carbocycles. The predicted octanol–water partition coefficient (Wildman–Crippen LogP) is 4.45. The molecule has 2 amide bonds. The molecule has 5 rings (SSSR count). The highest BCUT2D eigenvalue weighted by Gasteiger charge is 2.47. The predicted molar refractivity (Wildman–Crippen MR) is 136 cm³/mol. The van der Waals surface area contributed by atoms with Crippen LogP contribution in [0, 0.1) is 0 Å². The lowest BCUT2D eigenvalue weighted by Crippen LogP contribution is -2.63. The van der Waals surface area contributed by atoms with E-state index in [2.05, 4.69) is 5.32 Å². The zero-order chi connectivity index (χ0) is 24.6. The van der Waals surface area contributed by atoms with E-state index in [0.29, 0.717) is 31.1 Å². The molecule has 0 bridgehead atoms. The van der Waals surface area contributed by atoms with Crippen LogP contribution in [0.25, 0.3) is 10.2 Å². The highest BCUT2D eigenvalue weighted by Crippen LogP contribution is 2.35. The Morgan fingerprint density at radius 1 is 1.09 bits per heavy atom. The second kappa shape index (κ2) is 9.11. The van der Waals surface area contributed by atoms with E-state index in [1.54, 1.807) is 30.5 Å². The largest absolute Gasteiger partial charge is 0.497 e. The van der Waals surface area contributed by atoms with Crippen molar-refractivity contribution < 1.29 is 19.1 Å². The summed E-state index contributed by atoms with van der Waals surface area (Å²) in [5, 5.41) is 6.08. The van der Waals surface area contributed by atoms with Gasteiger partial charge >= 0.3 is 0 Å². The van der Waals surface area contributed by atoms with Crippen molar-refractivity contribution in [1.82, 2.24) is 14.8 Å². The second-order valence-corrected chi connectivity index (χ2v) is 9.70. The standard InChI is InChI=1S/C27H27N3O4S/c1-27(26(32)28-15-20-6-4-5-7-23(20)34-3)17-29-22(14-19-12-13-35-25(19)29)24(31)30(27)16-18-8-10-21(33-2)11-9-18/h4-14H,15-17H2,1-3H3,(H,28,32)/t27-/m0/s1. The van der Waals surface area contributed by atoms with Crippen LogP contribution in [-0.2, 0) is 24.4 Å². The summed E-state index contributed by atoms with van der Waals surface area (Å²) in [6, 6.07) is 19.1. The maximum absolute atomic E-state index is 13.8. The Morgan fingerprint density at radius 2 is 1.86 bits per heavy atom. The summed E-state index contributed by atoms with van der Waals surface area (Å²) in [6.45, 7) is 2.82. The summed E-state index contributed by atoms with van der Waals surface area (Å²) in [4.78, 5) is 30.2. The number of thiophene rings is 1. The molecule has 0 saturated heterocycles. The Bertz CT molecular complexity index is 1390. The fourth-order valence-corrected chi connectivity index (χ4v) is 5.53. The Morgan fingerprint density at radius 3 is 2.60 bits per heavy atom. The van der Waals surface area contributed by atoms with E-state index in [1.165, 1.54) is 0 Å². The second-order valence-electron chi connectivity index (χ2n) is 8.80. The third-order valence-electron chi connectivity index (χ3n) is 6.65. The van der Waals surface area contributed by atoms with Crippen LogP contribution in [0.3, 0.4) is 0 Å². The van der Waals surface area contributed by atoms with Gasteiger partial charge in [0.15, 0.2) is 0 Å². The zero-order valence-corrected chi connectivity index (χ0v) is 20.7. The monoisotopic (exact) mass is 489 g/mol. The maximum atomic E-state index is 13.8. The summed E-state index contributed by atoms with van der Waals surface area (Å²) >= 11 is 1.58. The maximum Gasteiger partial charge on any atom is 0.271 e. The van der Waals surface area contributed by atoms with Gasteiger partial charge in [-0.1, -0.05) is 30.3 Å². The minimum absolute atomic E-state index is 0.162. The minimum atomic E-state index is -1.10. The van der Waals surface area contributed by atoms with Gasteiger partial charge in [-0.2, -0.15) is 0 Å². The Kier molecular flexibility index (Phi) is 5.98. The fraction of sp³-hybridized carbons (Fsp3) is 0.259. The van der Waals surface area contributed by atoms with Crippen LogP contribution in [-0.4, -0.2) is 41.0 Å². The van der Waals surface area contributed by atoms with Crippen molar-refractivity contribution in [2.24, 2.45) is 0 Å². The van der Waals surface area contributed by atoms with E-state index in [0.717, 1.165) is 27.1 Å². The molecule has 0 aliphatic carbocycles. The highest BCUT2D eigenvalue weighted by atomic mass is 32.1. The molecule has 0 spiro atoms. The molecular formula is C27H27N3O4S. The van der Waals surface area contributed by atoms with Crippen LogP contribution in [0.15, 0.2) is 66.0 Å². The van der Waals surface area contributed by atoms with Gasteiger partial charge < -0.3 is 24.3 Å². The van der Waals surface area contributed by atoms with E-state index >= 15 is 0 Å². The summed E-state index contributed by atoms with van der Waals surface area (Å²) in [5.41, 5.74) is 1.31. The number of hydrogen-bond donors (Lipinski definition) is 1. The number of nitrogens with one attached hydrogen (secondary N) is 1. The Hall–Kier alpha value is -3.78. The van der Waals surface area contributed by atoms with Crippen LogP contribution in [0.4, 0.5) is 0 Å². The van der Waals surface area contributed by atoms with Crippen molar-refractivity contribution in [3.8, 4) is 11.5 Å². The third-order valence-corrected chi connectivity index (χ3v) is 7.60. The summed E-state index contributed by atoms with van der Waals surface area (Å²) in [5.74, 6) is 1.07. The van der Waals surface area contributed by atoms with Crippen molar-refractivity contribution in [3.05, 3.63) is 82.9 Å². The Balaban J connectivity index is 1.49. The minimum Gasteiger partial charge on any atom is -0.497 e. The number of carbonyl (C=O) groups is 2. The van der Waals surface area contributed by atoms with Crippen LogP contribution >= 0.6 is 11.3 Å². The lowest BCUT2D eigenvalue weighted by Gasteiger charge is -2.44. The highest BCUT2D eigenvalue weighted by molar-refractivity contribution is 7.16. The number of benzene rings is 2. The molecule has 0 radical (unpaired) electrons. The van der Waals surface area contributed by atoms with E-state index in [9.17, 15) is 9.59 Å². The molecule has 1 N–H and O–H groups in total. The van der Waals surface area contributed by atoms with Crippen molar-refractivity contribution >= 4 is 33.4 Å². The van der Waals surface area contributed by atoms with Crippen molar-refractivity contribution in [2.75, 3.05) is 14.2 Å². The van der Waals surface area contributed by atoms with E-state index in [4.69, 9.17) is 9.47 Å². The smallest absolute Gasteiger partial charge is 0.271 e. The average Bonchev–Trinajstić information content (AvgIpc) is 3.48. The van der Waals surface area contributed by atoms with Gasteiger partial charge in [-0.05, 0) is 48.2 Å². The van der Waals surface area contributed by atoms with Crippen molar-refractivity contribution in [1.29, 1.82) is 0 Å². The first-order valence-electron chi connectivity index (χ1n) is 11.4. The average molecular weight is 490 g/mol. The number of hydrogen-bond acceptors (Lipinski definition) is 5. The molecule has 7 nitrogen and oxygen atoms in total. The fourth-order valence-electron chi connectivity index (χ4n) is 4.63. The summed E-state index contributed by atoms with van der Waals surface area (Å²) in [7, 11) is 3.23. The van der Waals surface area contributed by atoms with Gasteiger partial charge in [0.25, 0.3) is 5.91 Å². The Labute approximate surface area is 207 Å². The van der Waals surface area contributed by atoms with Gasteiger partial charge in [0.2, 0.25) is 5.91 Å². The lowest BCUT2D eigenvalue weighted by atomic mass is 9.93. The van der Waals surface area contributed by atoms with E-state index < -0.39 is 5.54 Å². The van der Waals surface area contributed by atoms with Crippen LogP contribution in [0.2, 0.25) is 0 Å².